The number of nitrogens with one attached hydrogen (secondary N) is 8. The highest BCUT2D eigenvalue weighted by molar-refractivity contribution is 5.09. The first kappa shape index (κ1) is 29.8. The van der Waals surface area contributed by atoms with Crippen molar-refractivity contribution in [2.45, 2.75) is 172 Å². The average molecular weight is 609 g/mol. The van der Waals surface area contributed by atoms with Gasteiger partial charge in [0.2, 0.25) is 0 Å². The van der Waals surface area contributed by atoms with Crippen LogP contribution >= 0.6 is 0 Å². The number of unbranched alkanes of at least 4 members (excludes halogenated alkanes) is 1. The van der Waals surface area contributed by atoms with E-state index < -0.39 is 0 Å². The van der Waals surface area contributed by atoms with Crippen LogP contribution in [0.1, 0.15) is 122 Å². The van der Waals surface area contributed by atoms with Crippen molar-refractivity contribution in [3.63, 3.8) is 0 Å². The van der Waals surface area contributed by atoms with Crippen LogP contribution in [-0.4, -0.2) is 49.3 Å². The van der Waals surface area contributed by atoms with Crippen LogP contribution in [0.2, 0.25) is 0 Å². The van der Waals surface area contributed by atoms with Crippen molar-refractivity contribution in [3.05, 3.63) is 0 Å². The molecule has 8 N–H and O–H groups in total. The van der Waals surface area contributed by atoms with Crippen molar-refractivity contribution < 1.29 is 0 Å². The zero-order valence-electron chi connectivity index (χ0n) is 27.5. The average Bonchev–Trinajstić information content (AvgIpc) is 3.79. The number of rotatable bonds is 3. The monoisotopic (exact) mass is 609 g/mol. The summed E-state index contributed by atoms with van der Waals surface area (Å²) in [6, 6.07) is 0. The summed E-state index contributed by atoms with van der Waals surface area (Å²) in [6.07, 6.45) is 28.3. The molecule has 0 radical (unpaired) electrons. The molecule has 9 rings (SSSR count). The van der Waals surface area contributed by atoms with Crippen molar-refractivity contribution in [1.82, 2.24) is 42.5 Å². The summed E-state index contributed by atoms with van der Waals surface area (Å²) in [5.41, 5.74) is 0. The zero-order valence-corrected chi connectivity index (χ0v) is 27.5. The normalized spacial score (nSPS) is 55.2. The van der Waals surface area contributed by atoms with Gasteiger partial charge in [0.1, 0.15) is 0 Å². The highest BCUT2D eigenvalue weighted by Gasteiger charge is 2.55. The fourth-order valence-corrected chi connectivity index (χ4v) is 13.0. The Balaban J connectivity index is 1.05. The molecule has 9 aliphatic rings. The van der Waals surface area contributed by atoms with Gasteiger partial charge in [0.05, 0.1) is 49.3 Å². The molecule has 0 aromatic carbocycles. The second kappa shape index (κ2) is 12.6. The summed E-state index contributed by atoms with van der Waals surface area (Å²) >= 11 is 0. The van der Waals surface area contributed by atoms with Crippen molar-refractivity contribution in [2.24, 2.45) is 53.3 Å². The molecular weight excluding hydrogens is 544 g/mol. The molecule has 4 aliphatic carbocycles. The van der Waals surface area contributed by atoms with Gasteiger partial charge in [0, 0.05) is 0 Å². The molecule has 0 aromatic heterocycles. The fraction of sp³-hybridized carbons (Fsp3) is 1.00. The molecule has 5 heterocycles. The molecule has 8 bridgehead atoms. The lowest BCUT2D eigenvalue weighted by atomic mass is 9.69. The Kier molecular flexibility index (Phi) is 8.54. The van der Waals surface area contributed by atoms with Gasteiger partial charge in [-0.3, -0.25) is 42.5 Å². The van der Waals surface area contributed by atoms with E-state index in [1.807, 2.05) is 0 Å². The Morgan fingerprint density at radius 1 is 0.364 bits per heavy atom. The van der Waals surface area contributed by atoms with Crippen molar-refractivity contribution in [2.75, 3.05) is 0 Å². The molecule has 17 atom stereocenters. The molecule has 17 unspecified atom stereocenters. The van der Waals surface area contributed by atoms with Gasteiger partial charge in [-0.2, -0.15) is 0 Å². The van der Waals surface area contributed by atoms with Gasteiger partial charge in [0.25, 0.3) is 0 Å². The molecule has 5 aliphatic heterocycles. The lowest BCUT2D eigenvalue weighted by Gasteiger charge is -2.39. The second-order valence-corrected chi connectivity index (χ2v) is 17.1. The molecule has 8 heteroatoms. The van der Waals surface area contributed by atoms with Gasteiger partial charge in [-0.05, 0) is 98.2 Å². The fourth-order valence-electron chi connectivity index (χ4n) is 13.0. The maximum atomic E-state index is 4.37. The maximum absolute atomic E-state index is 4.37. The standard InChI is InChI=1S/C36H64N8/c1-2-3-11-20-12-10-19-27-28(20)36-43-34-26-18-9-8-17-25(26)32(41-34)39-30-22-14-5-4-13-21(22)29(37-30)38-31-23-15-6-7-16-24(23)33(40-31)42-35(27)44-36/h20-44H,2-19H2,1H3. The highest BCUT2D eigenvalue weighted by atomic mass is 15.4. The van der Waals surface area contributed by atoms with Crippen molar-refractivity contribution >= 4 is 0 Å². The topological polar surface area (TPSA) is 96.2 Å². The summed E-state index contributed by atoms with van der Waals surface area (Å²) in [7, 11) is 0. The molecule has 248 valence electrons. The Morgan fingerprint density at radius 3 is 1.05 bits per heavy atom. The van der Waals surface area contributed by atoms with Crippen LogP contribution < -0.4 is 42.5 Å². The Bertz CT molecular complexity index is 993. The Morgan fingerprint density at radius 2 is 0.682 bits per heavy atom. The lowest BCUT2D eigenvalue weighted by molar-refractivity contribution is 0.115. The summed E-state index contributed by atoms with van der Waals surface area (Å²) in [5.74, 6) is 6.75. The summed E-state index contributed by atoms with van der Waals surface area (Å²) in [4.78, 5) is 0. The van der Waals surface area contributed by atoms with Gasteiger partial charge in [0.15, 0.2) is 0 Å². The minimum Gasteiger partial charge on any atom is -0.286 e. The maximum Gasteiger partial charge on any atom is 0.0631 e. The highest BCUT2D eigenvalue weighted by Crippen LogP contribution is 2.47. The van der Waals surface area contributed by atoms with Gasteiger partial charge in [-0.15, -0.1) is 0 Å². The molecule has 0 amide bonds. The molecule has 44 heavy (non-hydrogen) atoms. The van der Waals surface area contributed by atoms with E-state index in [0.29, 0.717) is 49.3 Å². The Labute approximate surface area is 267 Å². The number of hydrogen-bond acceptors (Lipinski definition) is 8. The SMILES string of the molecule is CCCCC1CCCC2C3NC4NC(NC5NC(NC6NC(NC(N3)C12)C1CCCCC61)C1CCCCC51)C1CCCCC41. The third kappa shape index (κ3) is 5.24. The summed E-state index contributed by atoms with van der Waals surface area (Å²) in [5, 5.41) is 34.3. The van der Waals surface area contributed by atoms with Crippen LogP contribution in [0.3, 0.4) is 0 Å². The first-order valence-electron chi connectivity index (χ1n) is 19.8. The second-order valence-electron chi connectivity index (χ2n) is 17.1. The van der Waals surface area contributed by atoms with E-state index in [9.17, 15) is 0 Å². The quantitative estimate of drug-likeness (QED) is 0.244. The first-order valence-corrected chi connectivity index (χ1v) is 19.8. The molecule has 9 fully saturated rings. The summed E-state index contributed by atoms with van der Waals surface area (Å²) < 4.78 is 0. The first-order chi connectivity index (χ1) is 21.7. The van der Waals surface area contributed by atoms with Gasteiger partial charge in [-0.1, -0.05) is 77.6 Å². The van der Waals surface area contributed by atoms with Crippen molar-refractivity contribution in [3.8, 4) is 0 Å². The predicted octanol–water partition coefficient (Wildman–Crippen LogP) is 4.02. The summed E-state index contributed by atoms with van der Waals surface area (Å²) in [6.45, 7) is 2.38. The largest absolute Gasteiger partial charge is 0.286 e. The number of fused-ring (bicyclic) bond motifs is 20. The third-order valence-electron chi connectivity index (χ3n) is 15.0. The number of hydrogen-bond donors (Lipinski definition) is 8. The third-order valence-corrected chi connectivity index (χ3v) is 15.0. The molecule has 5 saturated heterocycles. The van der Waals surface area contributed by atoms with Crippen LogP contribution in [0, 0.1) is 53.3 Å². The van der Waals surface area contributed by atoms with Crippen LogP contribution in [0.15, 0.2) is 0 Å². The van der Waals surface area contributed by atoms with Gasteiger partial charge >= 0.3 is 0 Å². The zero-order chi connectivity index (χ0) is 29.2. The van der Waals surface area contributed by atoms with Crippen LogP contribution in [-0.2, 0) is 0 Å². The van der Waals surface area contributed by atoms with Crippen LogP contribution in [0.5, 0.6) is 0 Å². The minimum absolute atomic E-state index is 0.403. The van der Waals surface area contributed by atoms with E-state index in [4.69, 9.17) is 0 Å². The lowest BCUT2D eigenvalue weighted by Crippen LogP contribution is -2.61. The predicted molar refractivity (Wildman–Crippen MR) is 176 cm³/mol. The van der Waals surface area contributed by atoms with E-state index in [-0.39, 0.29) is 0 Å². The van der Waals surface area contributed by atoms with E-state index >= 15 is 0 Å². The molecule has 0 spiro atoms. The molecule has 4 saturated carbocycles. The molecule has 8 nitrogen and oxygen atoms in total. The smallest absolute Gasteiger partial charge is 0.0631 e. The van der Waals surface area contributed by atoms with Gasteiger partial charge < -0.3 is 0 Å². The van der Waals surface area contributed by atoms with E-state index in [2.05, 4.69) is 49.5 Å². The minimum atomic E-state index is 0.403. The van der Waals surface area contributed by atoms with Crippen LogP contribution in [0.4, 0.5) is 0 Å². The van der Waals surface area contributed by atoms with E-state index in [0.717, 1.165) is 53.3 Å². The Hall–Kier alpha value is -0.320. The van der Waals surface area contributed by atoms with Crippen molar-refractivity contribution in [1.29, 1.82) is 0 Å². The van der Waals surface area contributed by atoms with Crippen LogP contribution in [0.25, 0.3) is 0 Å². The van der Waals surface area contributed by atoms with Gasteiger partial charge in [-0.25, -0.2) is 0 Å². The van der Waals surface area contributed by atoms with E-state index in [1.165, 1.54) is 116 Å². The van der Waals surface area contributed by atoms with E-state index in [1.54, 1.807) is 0 Å². The molecule has 0 aromatic rings. The molecular formula is C36H64N8.